The largest absolute Gasteiger partial charge is 0.353 e. The molecular formula is C10H20ClNOS. The summed E-state index contributed by atoms with van der Waals surface area (Å²) in [5.74, 6) is 2.08. The molecule has 1 amide bonds. The van der Waals surface area contributed by atoms with Crippen LogP contribution >= 0.6 is 23.4 Å². The maximum Gasteiger partial charge on any atom is 0.221 e. The summed E-state index contributed by atoms with van der Waals surface area (Å²) in [4.78, 5) is 11.4. The Bertz CT molecular complexity index is 164. The van der Waals surface area contributed by atoms with Crippen LogP contribution in [0.5, 0.6) is 0 Å². The Morgan fingerprint density at radius 1 is 1.50 bits per heavy atom. The van der Waals surface area contributed by atoms with Gasteiger partial charge in [-0.25, -0.2) is 0 Å². The molecule has 0 rings (SSSR count). The van der Waals surface area contributed by atoms with Gasteiger partial charge in [-0.05, 0) is 18.6 Å². The van der Waals surface area contributed by atoms with Crippen molar-refractivity contribution < 1.29 is 4.79 Å². The highest BCUT2D eigenvalue weighted by Crippen LogP contribution is 2.07. The second-order valence-corrected chi connectivity index (χ2v) is 5.00. The van der Waals surface area contributed by atoms with Gasteiger partial charge >= 0.3 is 0 Å². The molecule has 14 heavy (non-hydrogen) atoms. The minimum absolute atomic E-state index is 0.142. The molecule has 1 atom stereocenters. The number of hydrogen-bond acceptors (Lipinski definition) is 2. The number of nitrogens with one attached hydrogen (secondary N) is 1. The Balaban J connectivity index is 3.83. The zero-order chi connectivity index (χ0) is 11.0. The Labute approximate surface area is 96.2 Å². The molecule has 0 aliphatic heterocycles. The molecule has 1 unspecified atom stereocenters. The van der Waals surface area contributed by atoms with Crippen molar-refractivity contribution in [1.29, 1.82) is 0 Å². The van der Waals surface area contributed by atoms with E-state index in [1.54, 1.807) is 11.8 Å². The average molecular weight is 238 g/mol. The third-order valence-corrected chi connectivity index (χ3v) is 2.94. The Hall–Kier alpha value is 0.110. The maximum atomic E-state index is 11.4. The molecule has 0 bridgehead atoms. The van der Waals surface area contributed by atoms with Gasteiger partial charge in [-0.2, -0.15) is 11.8 Å². The minimum Gasteiger partial charge on any atom is -0.353 e. The first-order chi connectivity index (χ1) is 6.61. The molecule has 0 aromatic carbocycles. The van der Waals surface area contributed by atoms with Gasteiger partial charge in [0.2, 0.25) is 5.91 Å². The molecule has 0 heterocycles. The molecule has 1 N–H and O–H groups in total. The number of carbonyl (C=O) groups excluding carboxylic acids is 1. The van der Waals surface area contributed by atoms with Crippen LogP contribution in [0.4, 0.5) is 0 Å². The first kappa shape index (κ1) is 14.1. The third kappa shape index (κ3) is 6.55. The molecule has 0 saturated carbocycles. The van der Waals surface area contributed by atoms with Crippen LogP contribution in [0.25, 0.3) is 0 Å². The zero-order valence-electron chi connectivity index (χ0n) is 9.18. The number of hydrogen-bond donors (Lipinski definition) is 1. The first-order valence-corrected chi connectivity index (χ1v) is 6.89. The molecule has 0 spiro atoms. The van der Waals surface area contributed by atoms with Crippen LogP contribution in [0.1, 0.15) is 26.7 Å². The predicted octanol–water partition coefficient (Wildman–Crippen LogP) is 2.51. The van der Waals surface area contributed by atoms with Gasteiger partial charge in [-0.15, -0.1) is 11.6 Å². The van der Waals surface area contributed by atoms with Crippen LogP contribution in [-0.2, 0) is 4.79 Å². The lowest BCUT2D eigenvalue weighted by molar-refractivity contribution is -0.121. The van der Waals surface area contributed by atoms with E-state index in [1.165, 1.54) is 0 Å². The Kier molecular flexibility index (Phi) is 8.49. The number of halogens is 1. The van der Waals surface area contributed by atoms with E-state index in [1.807, 2.05) is 6.26 Å². The highest BCUT2D eigenvalue weighted by Gasteiger charge is 2.14. The van der Waals surface area contributed by atoms with E-state index >= 15 is 0 Å². The normalized spacial score (nSPS) is 12.9. The number of alkyl halides is 1. The van der Waals surface area contributed by atoms with Crippen LogP contribution in [0.3, 0.4) is 0 Å². The quantitative estimate of drug-likeness (QED) is 0.690. The summed E-state index contributed by atoms with van der Waals surface area (Å²) < 4.78 is 0. The fourth-order valence-corrected chi connectivity index (χ4v) is 1.79. The van der Waals surface area contributed by atoms with Gasteiger partial charge in [-0.1, -0.05) is 13.8 Å². The number of thioether (sulfide) groups is 1. The van der Waals surface area contributed by atoms with E-state index in [0.29, 0.717) is 18.2 Å². The maximum absolute atomic E-state index is 11.4. The molecule has 0 aliphatic rings. The van der Waals surface area contributed by atoms with E-state index in [-0.39, 0.29) is 11.9 Å². The van der Waals surface area contributed by atoms with Crippen LogP contribution in [0.2, 0.25) is 0 Å². The van der Waals surface area contributed by atoms with Crippen molar-refractivity contribution in [1.82, 2.24) is 5.32 Å². The van der Waals surface area contributed by atoms with E-state index in [2.05, 4.69) is 19.2 Å². The van der Waals surface area contributed by atoms with Crippen LogP contribution in [0.15, 0.2) is 0 Å². The minimum atomic E-state index is 0.142. The summed E-state index contributed by atoms with van der Waals surface area (Å²) in [6.07, 6.45) is 3.46. The van der Waals surface area contributed by atoms with Gasteiger partial charge in [0.05, 0.1) is 0 Å². The second kappa shape index (κ2) is 8.42. The van der Waals surface area contributed by atoms with Crippen LogP contribution in [0, 0.1) is 5.92 Å². The Morgan fingerprint density at radius 2 is 2.14 bits per heavy atom. The van der Waals surface area contributed by atoms with Gasteiger partial charge in [0, 0.05) is 24.1 Å². The summed E-state index contributed by atoms with van der Waals surface area (Å²) in [7, 11) is 0. The number of amides is 1. The smallest absolute Gasteiger partial charge is 0.221 e. The molecule has 0 aromatic heterocycles. The van der Waals surface area contributed by atoms with Crippen LogP contribution in [-0.4, -0.2) is 29.8 Å². The molecule has 0 aliphatic carbocycles. The predicted molar refractivity (Wildman–Crippen MR) is 65.1 cm³/mol. The standard InChI is InChI=1S/C10H20ClNOS/c1-8(2)9(4-6-11)12-10(13)5-7-14-3/h8-9H,4-7H2,1-3H3,(H,12,13). The number of carbonyl (C=O) groups is 1. The Morgan fingerprint density at radius 3 is 2.57 bits per heavy atom. The van der Waals surface area contributed by atoms with Crippen molar-refractivity contribution in [3.8, 4) is 0 Å². The van der Waals surface area contributed by atoms with Crippen LogP contribution < -0.4 is 5.32 Å². The summed E-state index contributed by atoms with van der Waals surface area (Å²) >= 11 is 7.36. The molecule has 2 nitrogen and oxygen atoms in total. The lowest BCUT2D eigenvalue weighted by Gasteiger charge is -2.21. The fourth-order valence-electron chi connectivity index (χ4n) is 1.16. The third-order valence-electron chi connectivity index (χ3n) is 2.10. The molecular weight excluding hydrogens is 218 g/mol. The average Bonchev–Trinajstić information content (AvgIpc) is 2.14. The highest BCUT2D eigenvalue weighted by molar-refractivity contribution is 7.98. The van der Waals surface area contributed by atoms with Crippen molar-refractivity contribution in [2.45, 2.75) is 32.7 Å². The van der Waals surface area contributed by atoms with E-state index in [9.17, 15) is 4.79 Å². The summed E-state index contributed by atoms with van der Waals surface area (Å²) in [6, 6.07) is 0.224. The van der Waals surface area contributed by atoms with E-state index in [0.717, 1.165) is 12.2 Å². The first-order valence-electron chi connectivity index (χ1n) is 4.96. The molecule has 4 heteroatoms. The van der Waals surface area contributed by atoms with Crippen molar-refractivity contribution in [3.63, 3.8) is 0 Å². The summed E-state index contributed by atoms with van der Waals surface area (Å²) in [5.41, 5.74) is 0. The SMILES string of the molecule is CSCCC(=O)NC(CCCl)C(C)C. The summed E-state index contributed by atoms with van der Waals surface area (Å²) in [5, 5.41) is 3.02. The lowest BCUT2D eigenvalue weighted by atomic mass is 10.0. The zero-order valence-corrected chi connectivity index (χ0v) is 10.8. The molecule has 0 aromatic rings. The van der Waals surface area contributed by atoms with Gasteiger partial charge < -0.3 is 5.32 Å². The highest BCUT2D eigenvalue weighted by atomic mass is 35.5. The monoisotopic (exact) mass is 237 g/mol. The number of rotatable bonds is 7. The fraction of sp³-hybridized carbons (Fsp3) is 0.900. The van der Waals surface area contributed by atoms with Gasteiger partial charge in [0.1, 0.15) is 0 Å². The van der Waals surface area contributed by atoms with Gasteiger partial charge in [-0.3, -0.25) is 4.79 Å². The van der Waals surface area contributed by atoms with Crippen molar-refractivity contribution in [2.75, 3.05) is 17.9 Å². The van der Waals surface area contributed by atoms with Gasteiger partial charge in [0.15, 0.2) is 0 Å². The molecule has 0 saturated heterocycles. The topological polar surface area (TPSA) is 29.1 Å². The summed E-state index contributed by atoms with van der Waals surface area (Å²) in [6.45, 7) is 4.21. The molecule has 0 radical (unpaired) electrons. The van der Waals surface area contributed by atoms with E-state index in [4.69, 9.17) is 11.6 Å². The molecule has 84 valence electrons. The second-order valence-electron chi connectivity index (χ2n) is 3.64. The molecule has 0 fully saturated rings. The van der Waals surface area contributed by atoms with Crippen molar-refractivity contribution in [3.05, 3.63) is 0 Å². The van der Waals surface area contributed by atoms with Crippen molar-refractivity contribution in [2.24, 2.45) is 5.92 Å². The van der Waals surface area contributed by atoms with Gasteiger partial charge in [0.25, 0.3) is 0 Å². The lowest BCUT2D eigenvalue weighted by Crippen LogP contribution is -2.38. The van der Waals surface area contributed by atoms with Crippen molar-refractivity contribution >= 4 is 29.3 Å². The van der Waals surface area contributed by atoms with E-state index < -0.39 is 0 Å².